The molecule has 1 aliphatic carbocycles. The van der Waals surface area contributed by atoms with E-state index in [4.69, 9.17) is 0 Å². The second-order valence-corrected chi connectivity index (χ2v) is 5.47. The summed E-state index contributed by atoms with van der Waals surface area (Å²) in [5, 5.41) is 9.36. The van der Waals surface area contributed by atoms with Gasteiger partial charge in [0.1, 0.15) is 5.54 Å². The van der Waals surface area contributed by atoms with Crippen LogP contribution in [0.25, 0.3) is 0 Å². The van der Waals surface area contributed by atoms with E-state index in [0.717, 1.165) is 18.8 Å². The molecule has 1 aliphatic rings. The quantitative estimate of drug-likeness (QED) is 0.803. The molecule has 0 aromatic rings. The van der Waals surface area contributed by atoms with Gasteiger partial charge in [-0.25, -0.2) is 0 Å². The maximum absolute atomic E-state index is 11.4. The fourth-order valence-electron chi connectivity index (χ4n) is 2.71. The lowest BCUT2D eigenvalue weighted by molar-refractivity contribution is -0.152. The summed E-state index contributed by atoms with van der Waals surface area (Å²) in [6.07, 6.45) is 5.46. The Morgan fingerprint density at radius 2 is 2.12 bits per heavy atom. The molecule has 3 heteroatoms. The Kier molecular flexibility index (Phi) is 4.36. The number of carbonyl (C=O) groups is 1. The SMILES string of the molecule is CCC(C)(C(=O)O)N(C)C1CCCC(C)C1. The smallest absolute Gasteiger partial charge is 0.323 e. The van der Waals surface area contributed by atoms with Crippen LogP contribution >= 0.6 is 0 Å². The molecule has 0 radical (unpaired) electrons. The molecule has 3 nitrogen and oxygen atoms in total. The topological polar surface area (TPSA) is 40.5 Å². The maximum Gasteiger partial charge on any atom is 0.323 e. The highest BCUT2D eigenvalue weighted by atomic mass is 16.4. The maximum atomic E-state index is 11.4. The molecule has 16 heavy (non-hydrogen) atoms. The zero-order valence-electron chi connectivity index (χ0n) is 11.0. The van der Waals surface area contributed by atoms with Crippen molar-refractivity contribution < 1.29 is 9.90 Å². The third-order valence-corrected chi connectivity index (χ3v) is 4.38. The van der Waals surface area contributed by atoms with Crippen molar-refractivity contribution in [2.24, 2.45) is 5.92 Å². The number of likely N-dealkylation sites (N-methyl/N-ethyl adjacent to an activating group) is 1. The van der Waals surface area contributed by atoms with Crippen LogP contribution in [0.1, 0.15) is 52.9 Å². The van der Waals surface area contributed by atoms with Crippen molar-refractivity contribution >= 4 is 5.97 Å². The molecular formula is C13H25NO2. The molecule has 0 saturated heterocycles. The van der Waals surface area contributed by atoms with Gasteiger partial charge in [0.05, 0.1) is 0 Å². The lowest BCUT2D eigenvalue weighted by Gasteiger charge is -2.42. The first kappa shape index (κ1) is 13.5. The predicted molar refractivity (Wildman–Crippen MR) is 65.5 cm³/mol. The van der Waals surface area contributed by atoms with Gasteiger partial charge in [0.2, 0.25) is 0 Å². The molecule has 1 rings (SSSR count). The van der Waals surface area contributed by atoms with E-state index in [1.165, 1.54) is 12.8 Å². The molecular weight excluding hydrogens is 202 g/mol. The average Bonchev–Trinajstić information content (AvgIpc) is 2.26. The van der Waals surface area contributed by atoms with Gasteiger partial charge in [-0.3, -0.25) is 9.69 Å². The first-order valence-electron chi connectivity index (χ1n) is 6.38. The minimum Gasteiger partial charge on any atom is -0.480 e. The molecule has 3 atom stereocenters. The Hall–Kier alpha value is -0.570. The van der Waals surface area contributed by atoms with E-state index in [0.29, 0.717) is 12.5 Å². The summed E-state index contributed by atoms with van der Waals surface area (Å²) in [5.41, 5.74) is -0.707. The van der Waals surface area contributed by atoms with E-state index in [-0.39, 0.29) is 0 Å². The number of rotatable bonds is 4. The zero-order valence-corrected chi connectivity index (χ0v) is 11.0. The van der Waals surface area contributed by atoms with E-state index in [9.17, 15) is 9.90 Å². The highest BCUT2D eigenvalue weighted by Gasteiger charge is 2.39. The molecule has 0 aromatic carbocycles. The minimum absolute atomic E-state index is 0.435. The molecule has 0 amide bonds. The number of carboxylic acids is 1. The van der Waals surface area contributed by atoms with Crippen molar-refractivity contribution in [3.8, 4) is 0 Å². The number of nitrogens with zero attached hydrogens (tertiary/aromatic N) is 1. The highest BCUT2D eigenvalue weighted by Crippen LogP contribution is 2.31. The van der Waals surface area contributed by atoms with Crippen molar-refractivity contribution in [2.75, 3.05) is 7.05 Å². The highest BCUT2D eigenvalue weighted by molar-refractivity contribution is 5.78. The number of hydrogen-bond donors (Lipinski definition) is 1. The average molecular weight is 227 g/mol. The first-order chi connectivity index (χ1) is 7.41. The summed E-state index contributed by atoms with van der Waals surface area (Å²) in [5.74, 6) is 0.0341. The van der Waals surface area contributed by atoms with Crippen molar-refractivity contribution in [2.45, 2.75) is 64.5 Å². The molecule has 0 spiro atoms. The van der Waals surface area contributed by atoms with Crippen LogP contribution in [0.3, 0.4) is 0 Å². The number of carboxylic acid groups (broad SMARTS) is 1. The van der Waals surface area contributed by atoms with Gasteiger partial charge in [0.25, 0.3) is 0 Å². The van der Waals surface area contributed by atoms with Gasteiger partial charge in [-0.15, -0.1) is 0 Å². The van der Waals surface area contributed by atoms with Crippen LogP contribution in [0.2, 0.25) is 0 Å². The van der Waals surface area contributed by atoms with Crippen LogP contribution in [0.15, 0.2) is 0 Å². The van der Waals surface area contributed by atoms with Crippen LogP contribution in [0.4, 0.5) is 0 Å². The molecule has 94 valence electrons. The van der Waals surface area contributed by atoms with Crippen molar-refractivity contribution in [3.05, 3.63) is 0 Å². The molecule has 0 heterocycles. The summed E-state index contributed by atoms with van der Waals surface area (Å²) in [7, 11) is 1.97. The Balaban J connectivity index is 2.74. The number of hydrogen-bond acceptors (Lipinski definition) is 2. The summed E-state index contributed by atoms with van der Waals surface area (Å²) >= 11 is 0. The van der Waals surface area contributed by atoms with Gasteiger partial charge in [-0.2, -0.15) is 0 Å². The summed E-state index contributed by atoms with van der Waals surface area (Å²) < 4.78 is 0. The van der Waals surface area contributed by atoms with Gasteiger partial charge >= 0.3 is 5.97 Å². The van der Waals surface area contributed by atoms with Crippen LogP contribution in [0, 0.1) is 5.92 Å². The first-order valence-corrected chi connectivity index (χ1v) is 6.38. The van der Waals surface area contributed by atoms with E-state index < -0.39 is 11.5 Å². The van der Waals surface area contributed by atoms with Crippen molar-refractivity contribution in [3.63, 3.8) is 0 Å². The second kappa shape index (κ2) is 5.17. The summed E-state index contributed by atoms with van der Waals surface area (Å²) in [6, 6.07) is 0.435. The predicted octanol–water partition coefficient (Wildman–Crippen LogP) is 2.75. The van der Waals surface area contributed by atoms with E-state index >= 15 is 0 Å². The van der Waals surface area contributed by atoms with Gasteiger partial charge in [-0.05, 0) is 39.2 Å². The van der Waals surface area contributed by atoms with Crippen LogP contribution < -0.4 is 0 Å². The molecule has 0 bridgehead atoms. The largest absolute Gasteiger partial charge is 0.480 e. The van der Waals surface area contributed by atoms with Gasteiger partial charge in [-0.1, -0.05) is 26.7 Å². The Labute approximate surface area is 98.8 Å². The second-order valence-electron chi connectivity index (χ2n) is 5.47. The number of aliphatic carboxylic acids is 1. The Morgan fingerprint density at radius 3 is 2.56 bits per heavy atom. The molecule has 1 fully saturated rings. The summed E-state index contributed by atoms with van der Waals surface area (Å²) in [6.45, 7) is 6.07. The standard InChI is InChI=1S/C13H25NO2/c1-5-13(3,12(15)16)14(4)11-8-6-7-10(2)9-11/h10-11H,5-9H2,1-4H3,(H,15,16). The molecule has 3 unspecified atom stereocenters. The Morgan fingerprint density at radius 1 is 1.50 bits per heavy atom. The minimum atomic E-state index is -0.707. The molecule has 0 aliphatic heterocycles. The monoisotopic (exact) mass is 227 g/mol. The van der Waals surface area contributed by atoms with Gasteiger partial charge in [0.15, 0.2) is 0 Å². The normalized spacial score (nSPS) is 30.1. The van der Waals surface area contributed by atoms with E-state index in [1.54, 1.807) is 0 Å². The molecule has 1 saturated carbocycles. The van der Waals surface area contributed by atoms with E-state index in [1.807, 2.05) is 20.9 Å². The third kappa shape index (κ3) is 2.57. The van der Waals surface area contributed by atoms with Gasteiger partial charge in [0, 0.05) is 6.04 Å². The van der Waals surface area contributed by atoms with Crippen molar-refractivity contribution in [1.82, 2.24) is 4.90 Å². The molecule has 0 aromatic heterocycles. The summed E-state index contributed by atoms with van der Waals surface area (Å²) in [4.78, 5) is 13.5. The lowest BCUT2D eigenvalue weighted by Crippen LogP contribution is -2.55. The lowest BCUT2D eigenvalue weighted by atomic mass is 9.83. The Bertz CT molecular complexity index is 254. The van der Waals surface area contributed by atoms with E-state index in [2.05, 4.69) is 11.8 Å². The van der Waals surface area contributed by atoms with Crippen LogP contribution in [-0.4, -0.2) is 34.6 Å². The van der Waals surface area contributed by atoms with Crippen LogP contribution in [0.5, 0.6) is 0 Å². The van der Waals surface area contributed by atoms with Crippen molar-refractivity contribution in [1.29, 1.82) is 0 Å². The van der Waals surface area contributed by atoms with Crippen LogP contribution in [-0.2, 0) is 4.79 Å². The van der Waals surface area contributed by atoms with Gasteiger partial charge < -0.3 is 5.11 Å². The fraction of sp³-hybridized carbons (Fsp3) is 0.923. The third-order valence-electron chi connectivity index (χ3n) is 4.38. The zero-order chi connectivity index (χ0) is 12.3. The fourth-order valence-corrected chi connectivity index (χ4v) is 2.71. The molecule has 1 N–H and O–H groups in total.